The summed E-state index contributed by atoms with van der Waals surface area (Å²) in [6.45, 7) is 9.54. The van der Waals surface area contributed by atoms with E-state index in [2.05, 4.69) is 50.1 Å². The molecule has 0 aliphatic rings. The van der Waals surface area contributed by atoms with Crippen LogP contribution in [0.5, 0.6) is 0 Å². The molecule has 1 aromatic carbocycles. The van der Waals surface area contributed by atoms with Crippen molar-refractivity contribution in [1.29, 1.82) is 0 Å². The SMILES string of the molecule is CCC(C)CN(CC)c1cccc(SC)c1CN. The zero-order valence-electron chi connectivity index (χ0n) is 12.1. The Bertz CT molecular complexity index is 366. The third-order valence-electron chi connectivity index (χ3n) is 3.48. The molecule has 0 heterocycles. The Kier molecular flexibility index (Phi) is 6.58. The van der Waals surface area contributed by atoms with Crippen LogP contribution in [-0.2, 0) is 6.54 Å². The van der Waals surface area contributed by atoms with Gasteiger partial charge in [0.25, 0.3) is 0 Å². The first-order chi connectivity index (χ1) is 8.67. The van der Waals surface area contributed by atoms with Crippen LogP contribution in [0.2, 0.25) is 0 Å². The molecule has 0 spiro atoms. The predicted molar refractivity (Wildman–Crippen MR) is 83.5 cm³/mol. The van der Waals surface area contributed by atoms with Crippen LogP contribution in [0, 0.1) is 5.92 Å². The van der Waals surface area contributed by atoms with Crippen molar-refractivity contribution in [1.82, 2.24) is 0 Å². The van der Waals surface area contributed by atoms with Crippen molar-refractivity contribution in [3.63, 3.8) is 0 Å². The van der Waals surface area contributed by atoms with E-state index in [0.717, 1.165) is 13.1 Å². The molecule has 1 rings (SSSR count). The maximum absolute atomic E-state index is 5.94. The molecule has 0 aromatic heterocycles. The molecule has 0 fully saturated rings. The van der Waals surface area contributed by atoms with Crippen LogP contribution >= 0.6 is 11.8 Å². The zero-order valence-corrected chi connectivity index (χ0v) is 12.9. The highest BCUT2D eigenvalue weighted by Gasteiger charge is 2.13. The summed E-state index contributed by atoms with van der Waals surface area (Å²) in [6.07, 6.45) is 3.33. The third kappa shape index (κ3) is 3.66. The van der Waals surface area contributed by atoms with Gasteiger partial charge >= 0.3 is 0 Å². The normalized spacial score (nSPS) is 12.5. The van der Waals surface area contributed by atoms with Crippen LogP contribution in [-0.4, -0.2) is 19.3 Å². The van der Waals surface area contributed by atoms with Crippen LogP contribution in [0.15, 0.2) is 23.1 Å². The van der Waals surface area contributed by atoms with E-state index in [0.29, 0.717) is 12.5 Å². The first-order valence-corrected chi connectivity index (χ1v) is 8.01. The highest BCUT2D eigenvalue weighted by atomic mass is 32.2. The summed E-state index contributed by atoms with van der Waals surface area (Å²) < 4.78 is 0. The summed E-state index contributed by atoms with van der Waals surface area (Å²) in [6, 6.07) is 6.50. The molecule has 3 heteroatoms. The van der Waals surface area contributed by atoms with E-state index in [9.17, 15) is 0 Å². The van der Waals surface area contributed by atoms with Gasteiger partial charge in [0.15, 0.2) is 0 Å². The fourth-order valence-corrected chi connectivity index (χ4v) is 2.80. The number of nitrogens with two attached hydrogens (primary N) is 1. The fraction of sp³-hybridized carbons (Fsp3) is 0.600. The van der Waals surface area contributed by atoms with Crippen molar-refractivity contribution in [3.8, 4) is 0 Å². The molecule has 2 N–H and O–H groups in total. The lowest BCUT2D eigenvalue weighted by Gasteiger charge is -2.29. The van der Waals surface area contributed by atoms with Gasteiger partial charge in [-0.25, -0.2) is 0 Å². The van der Waals surface area contributed by atoms with Crippen molar-refractivity contribution in [2.45, 2.75) is 38.6 Å². The molecule has 0 aliphatic carbocycles. The van der Waals surface area contributed by atoms with Gasteiger partial charge in [-0.2, -0.15) is 0 Å². The summed E-state index contributed by atoms with van der Waals surface area (Å²) in [4.78, 5) is 3.76. The Morgan fingerprint density at radius 2 is 2.06 bits per heavy atom. The molecular weight excluding hydrogens is 240 g/mol. The van der Waals surface area contributed by atoms with Gasteiger partial charge in [-0.15, -0.1) is 11.8 Å². The van der Waals surface area contributed by atoms with Gasteiger partial charge < -0.3 is 10.6 Å². The first kappa shape index (κ1) is 15.4. The molecule has 1 unspecified atom stereocenters. The number of anilines is 1. The second-order valence-electron chi connectivity index (χ2n) is 4.71. The molecule has 0 aliphatic heterocycles. The Balaban J connectivity index is 3.04. The number of hydrogen-bond acceptors (Lipinski definition) is 3. The van der Waals surface area contributed by atoms with E-state index < -0.39 is 0 Å². The lowest BCUT2D eigenvalue weighted by molar-refractivity contribution is 0.547. The third-order valence-corrected chi connectivity index (χ3v) is 4.31. The average molecular weight is 266 g/mol. The molecule has 1 atom stereocenters. The summed E-state index contributed by atoms with van der Waals surface area (Å²) in [7, 11) is 0. The highest BCUT2D eigenvalue weighted by Crippen LogP contribution is 2.30. The van der Waals surface area contributed by atoms with Gasteiger partial charge in [-0.1, -0.05) is 26.3 Å². The molecule has 1 aromatic rings. The topological polar surface area (TPSA) is 29.3 Å². The van der Waals surface area contributed by atoms with Crippen LogP contribution in [0.4, 0.5) is 5.69 Å². The Labute approximate surface area is 116 Å². The second kappa shape index (κ2) is 7.70. The number of thioether (sulfide) groups is 1. The van der Waals surface area contributed by atoms with E-state index in [1.165, 1.54) is 22.6 Å². The van der Waals surface area contributed by atoms with Gasteiger partial charge in [0, 0.05) is 35.8 Å². The molecule has 0 saturated carbocycles. The monoisotopic (exact) mass is 266 g/mol. The highest BCUT2D eigenvalue weighted by molar-refractivity contribution is 7.98. The van der Waals surface area contributed by atoms with E-state index >= 15 is 0 Å². The van der Waals surface area contributed by atoms with Crippen LogP contribution in [0.1, 0.15) is 32.8 Å². The zero-order chi connectivity index (χ0) is 13.5. The Morgan fingerprint density at radius 3 is 2.56 bits per heavy atom. The van der Waals surface area contributed by atoms with Crippen molar-refractivity contribution >= 4 is 17.4 Å². The summed E-state index contributed by atoms with van der Waals surface area (Å²) in [5.41, 5.74) is 8.54. The summed E-state index contributed by atoms with van der Waals surface area (Å²) in [5, 5.41) is 0. The maximum Gasteiger partial charge on any atom is 0.0423 e. The molecule has 0 bridgehead atoms. The van der Waals surface area contributed by atoms with Gasteiger partial charge in [-0.3, -0.25) is 0 Å². The fourth-order valence-electron chi connectivity index (χ4n) is 2.15. The van der Waals surface area contributed by atoms with Gasteiger partial charge in [0.2, 0.25) is 0 Å². The van der Waals surface area contributed by atoms with E-state index in [1.807, 2.05) is 0 Å². The average Bonchev–Trinajstić information content (AvgIpc) is 2.43. The van der Waals surface area contributed by atoms with E-state index in [-0.39, 0.29) is 0 Å². The lowest BCUT2D eigenvalue weighted by atomic mass is 10.1. The molecule has 102 valence electrons. The number of hydrogen-bond donors (Lipinski definition) is 1. The van der Waals surface area contributed by atoms with E-state index in [1.54, 1.807) is 11.8 Å². The van der Waals surface area contributed by atoms with Gasteiger partial charge in [0.1, 0.15) is 0 Å². The lowest BCUT2D eigenvalue weighted by Crippen LogP contribution is -2.29. The minimum atomic E-state index is 0.614. The molecule has 18 heavy (non-hydrogen) atoms. The van der Waals surface area contributed by atoms with Crippen LogP contribution in [0.25, 0.3) is 0 Å². The van der Waals surface area contributed by atoms with Crippen LogP contribution in [0.3, 0.4) is 0 Å². The Hall–Kier alpha value is -0.670. The summed E-state index contributed by atoms with van der Waals surface area (Å²) in [5.74, 6) is 0.716. The minimum absolute atomic E-state index is 0.614. The number of benzene rings is 1. The van der Waals surface area contributed by atoms with Crippen molar-refractivity contribution in [3.05, 3.63) is 23.8 Å². The van der Waals surface area contributed by atoms with Crippen LogP contribution < -0.4 is 10.6 Å². The van der Waals surface area contributed by atoms with E-state index in [4.69, 9.17) is 5.73 Å². The molecule has 0 amide bonds. The predicted octanol–water partition coefficient (Wildman–Crippen LogP) is 3.74. The Morgan fingerprint density at radius 1 is 1.33 bits per heavy atom. The largest absolute Gasteiger partial charge is 0.371 e. The smallest absolute Gasteiger partial charge is 0.0423 e. The summed E-state index contributed by atoms with van der Waals surface area (Å²) >= 11 is 1.78. The van der Waals surface area contributed by atoms with Gasteiger partial charge in [0.05, 0.1) is 0 Å². The molecule has 0 saturated heterocycles. The van der Waals surface area contributed by atoms with Crippen molar-refractivity contribution < 1.29 is 0 Å². The number of nitrogens with zero attached hydrogens (tertiary/aromatic N) is 1. The molecule has 0 radical (unpaired) electrons. The van der Waals surface area contributed by atoms with Gasteiger partial charge in [-0.05, 0) is 31.2 Å². The van der Waals surface area contributed by atoms with Crippen molar-refractivity contribution in [2.24, 2.45) is 11.7 Å². The number of rotatable bonds is 7. The standard InChI is InChI=1S/C15H26N2S/c1-5-12(3)11-17(6-2)14-8-7-9-15(18-4)13(14)10-16/h7-9,12H,5-6,10-11,16H2,1-4H3. The maximum atomic E-state index is 5.94. The quantitative estimate of drug-likeness (QED) is 0.762. The first-order valence-electron chi connectivity index (χ1n) is 6.78. The van der Waals surface area contributed by atoms with Crippen molar-refractivity contribution in [2.75, 3.05) is 24.2 Å². The molecular formula is C15H26N2S. The second-order valence-corrected chi connectivity index (χ2v) is 5.56. The molecule has 2 nitrogen and oxygen atoms in total. The minimum Gasteiger partial charge on any atom is -0.371 e.